The van der Waals surface area contributed by atoms with Crippen LogP contribution >= 0.6 is 0 Å². The summed E-state index contributed by atoms with van der Waals surface area (Å²) >= 11 is 0. The van der Waals surface area contributed by atoms with Crippen LogP contribution in [0.2, 0.25) is 0 Å². The maximum atomic E-state index is 11.2. The van der Waals surface area contributed by atoms with Crippen LogP contribution in [0.25, 0.3) is 0 Å². The van der Waals surface area contributed by atoms with E-state index in [1.807, 2.05) is 0 Å². The van der Waals surface area contributed by atoms with Crippen molar-refractivity contribution in [2.24, 2.45) is 17.8 Å². The van der Waals surface area contributed by atoms with Crippen LogP contribution in [-0.4, -0.2) is 18.5 Å². The van der Waals surface area contributed by atoms with Crippen molar-refractivity contribution in [3.05, 3.63) is 0 Å². The van der Waals surface area contributed by atoms with Gasteiger partial charge >= 0.3 is 0 Å². The summed E-state index contributed by atoms with van der Waals surface area (Å²) in [5.41, 5.74) is 0. The number of ketones is 1. The zero-order valence-electron chi connectivity index (χ0n) is 7.16. The predicted molar refractivity (Wildman–Crippen MR) is 43.7 cm³/mol. The summed E-state index contributed by atoms with van der Waals surface area (Å²) in [7, 11) is 0. The van der Waals surface area contributed by atoms with Crippen molar-refractivity contribution in [3.63, 3.8) is 0 Å². The Labute approximate surface area is 72.3 Å². The lowest BCUT2D eigenvalue weighted by molar-refractivity contribution is -0.139. The Hall–Kier alpha value is -0.370. The number of fused-ring (bicyclic) bond motifs is 5. The lowest BCUT2D eigenvalue weighted by atomic mass is 9.81. The van der Waals surface area contributed by atoms with Crippen LogP contribution in [0.5, 0.6) is 0 Å². The first-order chi connectivity index (χ1) is 5.84. The molecule has 0 aromatic rings. The average Bonchev–Trinajstić information content (AvgIpc) is 2.63. The molecular weight excluding hydrogens is 152 g/mol. The second-order valence-corrected chi connectivity index (χ2v) is 4.52. The highest BCUT2D eigenvalue weighted by atomic mass is 16.5. The van der Waals surface area contributed by atoms with Gasteiger partial charge in [-0.3, -0.25) is 4.79 Å². The van der Waals surface area contributed by atoms with E-state index in [4.69, 9.17) is 4.74 Å². The van der Waals surface area contributed by atoms with Gasteiger partial charge in [-0.1, -0.05) is 0 Å². The molecule has 0 radical (unpaired) electrons. The third-order valence-electron chi connectivity index (χ3n) is 3.91. The highest BCUT2D eigenvalue weighted by molar-refractivity contribution is 5.80. The van der Waals surface area contributed by atoms with Gasteiger partial charge in [0.25, 0.3) is 0 Å². The van der Waals surface area contributed by atoms with Gasteiger partial charge in [0.15, 0.2) is 5.78 Å². The van der Waals surface area contributed by atoms with Crippen molar-refractivity contribution in [2.75, 3.05) is 6.61 Å². The lowest BCUT2D eigenvalue weighted by Gasteiger charge is -2.34. The maximum Gasteiger partial charge on any atom is 0.158 e. The molecule has 4 atom stereocenters. The molecule has 3 fully saturated rings. The van der Waals surface area contributed by atoms with E-state index in [0.29, 0.717) is 24.4 Å². The van der Waals surface area contributed by atoms with Gasteiger partial charge in [0.05, 0.1) is 6.10 Å². The molecule has 1 aliphatic heterocycles. The van der Waals surface area contributed by atoms with E-state index in [1.54, 1.807) is 0 Å². The first-order valence-electron chi connectivity index (χ1n) is 4.98. The van der Waals surface area contributed by atoms with E-state index in [9.17, 15) is 4.79 Å². The normalized spacial score (nSPS) is 51.2. The number of hydrogen-bond donors (Lipinski definition) is 0. The van der Waals surface area contributed by atoms with E-state index >= 15 is 0 Å². The zero-order valence-corrected chi connectivity index (χ0v) is 7.16. The molecule has 0 spiro atoms. The fourth-order valence-electron chi connectivity index (χ4n) is 3.41. The number of hydrogen-bond acceptors (Lipinski definition) is 2. The summed E-state index contributed by atoms with van der Waals surface area (Å²) < 4.78 is 5.60. The summed E-state index contributed by atoms with van der Waals surface area (Å²) in [4.78, 5) is 11.2. The van der Waals surface area contributed by atoms with Gasteiger partial charge in [-0.2, -0.15) is 0 Å². The van der Waals surface area contributed by atoms with E-state index in [1.165, 1.54) is 19.3 Å². The van der Waals surface area contributed by atoms with Crippen molar-refractivity contribution in [1.82, 2.24) is 0 Å². The molecule has 2 nitrogen and oxygen atoms in total. The smallest absolute Gasteiger partial charge is 0.158 e. The Morgan fingerprint density at radius 1 is 1.25 bits per heavy atom. The van der Waals surface area contributed by atoms with Gasteiger partial charge < -0.3 is 4.74 Å². The Kier molecular flexibility index (Phi) is 1.37. The van der Waals surface area contributed by atoms with Gasteiger partial charge in [0.2, 0.25) is 0 Å². The van der Waals surface area contributed by atoms with Gasteiger partial charge in [0.1, 0.15) is 6.61 Å². The van der Waals surface area contributed by atoms with Crippen LogP contribution in [0.4, 0.5) is 0 Å². The molecular formula is C10H14O2. The molecule has 66 valence electrons. The van der Waals surface area contributed by atoms with Crippen molar-refractivity contribution >= 4 is 5.78 Å². The van der Waals surface area contributed by atoms with Crippen LogP contribution in [0.1, 0.15) is 25.7 Å². The van der Waals surface area contributed by atoms with Crippen LogP contribution in [0, 0.1) is 17.8 Å². The second kappa shape index (κ2) is 2.32. The van der Waals surface area contributed by atoms with E-state index in [-0.39, 0.29) is 0 Å². The molecule has 2 aliphatic carbocycles. The minimum absolute atomic E-state index is 0.323. The largest absolute Gasteiger partial charge is 0.370 e. The zero-order chi connectivity index (χ0) is 8.13. The Balaban J connectivity index is 1.85. The van der Waals surface area contributed by atoms with Crippen LogP contribution < -0.4 is 0 Å². The molecule has 2 heteroatoms. The third-order valence-corrected chi connectivity index (χ3v) is 3.91. The molecule has 4 unspecified atom stereocenters. The standard InChI is InChI=1S/C10H14O2/c11-8-4-9-6-1-2-7(3-6)10(9)12-5-8/h6-7,9-10H,1-5H2. The Morgan fingerprint density at radius 2 is 2.08 bits per heavy atom. The molecule has 0 amide bonds. The summed E-state index contributed by atoms with van der Waals surface area (Å²) in [6, 6.07) is 0. The second-order valence-electron chi connectivity index (χ2n) is 4.52. The summed E-state index contributed by atoms with van der Waals surface area (Å²) in [6.45, 7) is 0.393. The summed E-state index contributed by atoms with van der Waals surface area (Å²) in [6.07, 6.45) is 5.30. The number of Topliss-reactive ketones (excluding diaryl/α,β-unsaturated/α-hetero) is 1. The Bertz CT molecular complexity index is 224. The third kappa shape index (κ3) is 0.817. The van der Waals surface area contributed by atoms with Crippen molar-refractivity contribution < 1.29 is 9.53 Å². The van der Waals surface area contributed by atoms with Gasteiger partial charge in [0, 0.05) is 6.42 Å². The molecule has 0 aromatic carbocycles. The number of ether oxygens (including phenoxy) is 1. The van der Waals surface area contributed by atoms with Crippen molar-refractivity contribution in [2.45, 2.75) is 31.8 Å². The molecule has 2 saturated carbocycles. The molecule has 12 heavy (non-hydrogen) atoms. The minimum Gasteiger partial charge on any atom is -0.370 e. The van der Waals surface area contributed by atoms with Gasteiger partial charge in [-0.05, 0) is 37.0 Å². The Morgan fingerprint density at radius 3 is 3.00 bits per heavy atom. The maximum absolute atomic E-state index is 11.2. The number of rotatable bonds is 0. The van der Waals surface area contributed by atoms with E-state index in [0.717, 1.165) is 18.3 Å². The number of carbonyl (C=O) groups excluding carboxylic acids is 1. The molecule has 3 aliphatic rings. The van der Waals surface area contributed by atoms with Crippen molar-refractivity contribution in [1.29, 1.82) is 0 Å². The van der Waals surface area contributed by atoms with E-state index in [2.05, 4.69) is 0 Å². The minimum atomic E-state index is 0.323. The molecule has 0 N–H and O–H groups in total. The van der Waals surface area contributed by atoms with E-state index < -0.39 is 0 Å². The molecule has 1 heterocycles. The van der Waals surface area contributed by atoms with Crippen LogP contribution in [-0.2, 0) is 9.53 Å². The molecule has 2 bridgehead atoms. The van der Waals surface area contributed by atoms with Crippen molar-refractivity contribution in [3.8, 4) is 0 Å². The fraction of sp³-hybridized carbons (Fsp3) is 0.900. The highest BCUT2D eigenvalue weighted by Gasteiger charge is 2.50. The average molecular weight is 166 g/mol. The summed E-state index contributed by atoms with van der Waals surface area (Å²) in [5.74, 6) is 2.55. The first kappa shape index (κ1) is 7.07. The molecule has 1 saturated heterocycles. The first-order valence-corrected chi connectivity index (χ1v) is 4.98. The fourth-order valence-corrected chi connectivity index (χ4v) is 3.41. The highest BCUT2D eigenvalue weighted by Crippen LogP contribution is 2.52. The van der Waals surface area contributed by atoms with Gasteiger partial charge in [-0.25, -0.2) is 0 Å². The SMILES string of the molecule is O=C1COC2C3CCC(C3)C2C1. The number of carbonyl (C=O) groups is 1. The molecule has 3 rings (SSSR count). The van der Waals surface area contributed by atoms with Gasteiger partial charge in [-0.15, -0.1) is 0 Å². The van der Waals surface area contributed by atoms with Crippen LogP contribution in [0.15, 0.2) is 0 Å². The monoisotopic (exact) mass is 166 g/mol. The quantitative estimate of drug-likeness (QED) is 0.543. The lowest BCUT2D eigenvalue weighted by Crippen LogP contribution is -2.38. The molecule has 0 aromatic heterocycles. The topological polar surface area (TPSA) is 26.3 Å². The summed E-state index contributed by atoms with van der Waals surface area (Å²) in [5, 5.41) is 0. The predicted octanol–water partition coefficient (Wildman–Crippen LogP) is 1.39. The van der Waals surface area contributed by atoms with Crippen LogP contribution in [0.3, 0.4) is 0 Å².